The normalized spacial score (nSPS) is 12.0. The largest absolute Gasteiger partial charge is 0.112 e. The Balaban J connectivity index is 3.02. The molecule has 0 nitrogen and oxygen atoms in total. The van der Waals surface area contributed by atoms with Gasteiger partial charge in [0.25, 0.3) is 0 Å². The molecule has 0 saturated carbocycles. The second kappa shape index (κ2) is 1.36. The van der Waals surface area contributed by atoms with E-state index in [9.17, 15) is 0 Å². The molecule has 0 aliphatic heterocycles. The minimum absolute atomic E-state index is 0.556. The zero-order valence-corrected chi connectivity index (χ0v) is 4.77. The van der Waals surface area contributed by atoms with Gasteiger partial charge in [-0.15, -0.1) is 23.2 Å². The van der Waals surface area contributed by atoms with Gasteiger partial charge in [0.1, 0.15) is 4.33 Å². The Bertz CT molecular complexity index is 20.4. The van der Waals surface area contributed by atoms with E-state index >= 15 is 0 Å². The summed E-state index contributed by atoms with van der Waals surface area (Å²) >= 11 is 10.6. The van der Waals surface area contributed by atoms with Gasteiger partial charge in [0.15, 0.2) is 0 Å². The van der Waals surface area contributed by atoms with Gasteiger partial charge in [0, 0.05) is 0 Å². The van der Waals surface area contributed by atoms with E-state index in [0.717, 1.165) is 0 Å². The Morgan fingerprint density at radius 1 is 1.20 bits per heavy atom. The van der Waals surface area contributed by atoms with Crippen LogP contribution in [0.4, 0.5) is 0 Å². The van der Waals surface area contributed by atoms with E-state index in [1.54, 1.807) is 13.8 Å². The van der Waals surface area contributed by atoms with Gasteiger partial charge in [0.05, 0.1) is 0 Å². The van der Waals surface area contributed by atoms with Crippen LogP contribution in [0.3, 0.4) is 0 Å². The fraction of sp³-hybridized carbons (Fsp3) is 1.00. The van der Waals surface area contributed by atoms with Crippen molar-refractivity contribution in [2.45, 2.75) is 18.2 Å². The fourth-order valence-corrected chi connectivity index (χ4v) is 0. The van der Waals surface area contributed by atoms with Gasteiger partial charge in [-0.2, -0.15) is 0 Å². The summed E-state index contributed by atoms with van der Waals surface area (Å²) in [4.78, 5) is 0. The highest BCUT2D eigenvalue weighted by molar-refractivity contribution is 6.47. The molecule has 0 N–H and O–H groups in total. The molecule has 0 radical (unpaired) electrons. The van der Waals surface area contributed by atoms with E-state index in [4.69, 9.17) is 23.2 Å². The number of hydrogen-bond acceptors (Lipinski definition) is 0. The van der Waals surface area contributed by atoms with Crippen molar-refractivity contribution in [2.75, 3.05) is 0 Å². The van der Waals surface area contributed by atoms with Crippen LogP contribution in [-0.4, -0.2) is 4.33 Å². The van der Waals surface area contributed by atoms with Crippen LogP contribution in [0.5, 0.6) is 0 Å². The minimum atomic E-state index is -0.556. The second-order valence-electron chi connectivity index (χ2n) is 1.33. The third kappa shape index (κ3) is 90.6. The monoisotopic (exact) mass is 112 g/mol. The maximum Gasteiger partial charge on any atom is 0.112 e. The number of alkyl halides is 2. The van der Waals surface area contributed by atoms with Crippen LogP contribution >= 0.6 is 23.2 Å². The summed E-state index contributed by atoms with van der Waals surface area (Å²) in [6, 6.07) is 0. The first kappa shape index (κ1) is 5.58. The van der Waals surface area contributed by atoms with E-state index in [0.29, 0.717) is 0 Å². The van der Waals surface area contributed by atoms with Crippen LogP contribution in [0.2, 0.25) is 0 Å². The average molecular weight is 113 g/mol. The van der Waals surface area contributed by atoms with E-state index in [-0.39, 0.29) is 0 Å². The highest BCUT2D eigenvalue weighted by Crippen LogP contribution is 2.16. The van der Waals surface area contributed by atoms with Crippen molar-refractivity contribution in [3.05, 3.63) is 0 Å². The Labute approximate surface area is 42.1 Å². The van der Waals surface area contributed by atoms with Crippen LogP contribution < -0.4 is 0 Å². The topological polar surface area (TPSA) is 0 Å². The highest BCUT2D eigenvalue weighted by atomic mass is 35.5. The molecule has 0 spiro atoms. The summed E-state index contributed by atoms with van der Waals surface area (Å²) < 4.78 is -0.556. The summed E-state index contributed by atoms with van der Waals surface area (Å²) in [6.45, 7) is 3.44. The molecular formula is C3H6Cl2. The van der Waals surface area contributed by atoms with Crippen molar-refractivity contribution in [1.29, 1.82) is 0 Å². The number of hydrogen-bond donors (Lipinski definition) is 0. The van der Waals surface area contributed by atoms with Crippen LogP contribution in [0.1, 0.15) is 13.8 Å². The standard InChI is InChI=1S/C3H6Cl2/c1-3(2,4)5/h1-2H3. The molecule has 5 heavy (non-hydrogen) atoms. The van der Waals surface area contributed by atoms with Gasteiger partial charge in [-0.05, 0) is 13.8 Å². The van der Waals surface area contributed by atoms with Crippen molar-refractivity contribution >= 4 is 23.2 Å². The van der Waals surface area contributed by atoms with Crippen LogP contribution in [0.25, 0.3) is 0 Å². The lowest BCUT2D eigenvalue weighted by Crippen LogP contribution is -1.93. The molecule has 0 saturated heterocycles. The molecule has 0 bridgehead atoms. The van der Waals surface area contributed by atoms with Gasteiger partial charge < -0.3 is 0 Å². The molecule has 0 unspecified atom stereocenters. The van der Waals surface area contributed by atoms with Gasteiger partial charge in [0.2, 0.25) is 0 Å². The maximum absolute atomic E-state index is 5.30. The molecule has 0 fully saturated rings. The van der Waals surface area contributed by atoms with Gasteiger partial charge in [-0.1, -0.05) is 0 Å². The van der Waals surface area contributed by atoms with Gasteiger partial charge in [-0.25, -0.2) is 0 Å². The predicted molar refractivity (Wildman–Crippen MR) is 25.8 cm³/mol. The first-order chi connectivity index (χ1) is 2.00. The van der Waals surface area contributed by atoms with Crippen molar-refractivity contribution < 1.29 is 0 Å². The lowest BCUT2D eigenvalue weighted by molar-refractivity contribution is 0.995. The van der Waals surface area contributed by atoms with E-state index in [1.807, 2.05) is 0 Å². The lowest BCUT2D eigenvalue weighted by Gasteiger charge is -1.98. The molecule has 0 rings (SSSR count). The van der Waals surface area contributed by atoms with Crippen molar-refractivity contribution in [1.82, 2.24) is 0 Å². The molecule has 0 aliphatic carbocycles. The van der Waals surface area contributed by atoms with Crippen LogP contribution in [0.15, 0.2) is 0 Å². The summed E-state index contributed by atoms with van der Waals surface area (Å²) in [5.74, 6) is 0. The quantitative estimate of drug-likeness (QED) is 0.422. The summed E-state index contributed by atoms with van der Waals surface area (Å²) in [5, 5.41) is 0. The van der Waals surface area contributed by atoms with Gasteiger partial charge >= 0.3 is 0 Å². The van der Waals surface area contributed by atoms with Crippen molar-refractivity contribution in [3.8, 4) is 0 Å². The molecular weight excluding hydrogens is 107 g/mol. The van der Waals surface area contributed by atoms with E-state index < -0.39 is 4.33 Å². The smallest absolute Gasteiger partial charge is 0.102 e. The van der Waals surface area contributed by atoms with Crippen molar-refractivity contribution in [3.63, 3.8) is 0 Å². The molecule has 0 heterocycles. The molecule has 0 aliphatic rings. The highest BCUT2D eigenvalue weighted by Gasteiger charge is 2.03. The number of rotatable bonds is 0. The summed E-state index contributed by atoms with van der Waals surface area (Å²) in [7, 11) is 0. The minimum Gasteiger partial charge on any atom is -0.102 e. The zero-order valence-electron chi connectivity index (χ0n) is 3.26. The Morgan fingerprint density at radius 2 is 1.20 bits per heavy atom. The Morgan fingerprint density at radius 3 is 1.20 bits per heavy atom. The Hall–Kier alpha value is 0.580. The third-order valence-electron chi connectivity index (χ3n) is 0. The Kier molecular flexibility index (Phi) is 1.51. The molecule has 0 aromatic carbocycles. The molecule has 0 amide bonds. The maximum atomic E-state index is 5.30. The number of halogens is 2. The predicted octanol–water partition coefficient (Wildman–Crippen LogP) is 2.20. The zero-order chi connectivity index (χ0) is 4.50. The molecule has 0 aromatic rings. The van der Waals surface area contributed by atoms with E-state index in [1.165, 1.54) is 0 Å². The molecule has 0 atom stereocenters. The summed E-state index contributed by atoms with van der Waals surface area (Å²) in [6.07, 6.45) is 0. The second-order valence-corrected chi connectivity index (χ2v) is 3.41. The first-order valence-electron chi connectivity index (χ1n) is 1.38. The lowest BCUT2D eigenvalue weighted by atomic mass is 10.6. The SMILES string of the molecule is CC(C)(Cl)Cl. The van der Waals surface area contributed by atoms with Gasteiger partial charge in [-0.3, -0.25) is 0 Å². The first-order valence-corrected chi connectivity index (χ1v) is 2.13. The summed E-state index contributed by atoms with van der Waals surface area (Å²) in [5.41, 5.74) is 0. The average Bonchev–Trinajstić information content (AvgIpc) is 0.722. The van der Waals surface area contributed by atoms with E-state index in [2.05, 4.69) is 0 Å². The third-order valence-corrected chi connectivity index (χ3v) is 0. The molecule has 2 heteroatoms. The molecule has 32 valence electrons. The fourth-order valence-electron chi connectivity index (χ4n) is 0. The van der Waals surface area contributed by atoms with Crippen LogP contribution in [0, 0.1) is 0 Å². The van der Waals surface area contributed by atoms with Crippen molar-refractivity contribution in [2.24, 2.45) is 0 Å². The molecule has 0 aromatic heterocycles. The van der Waals surface area contributed by atoms with Crippen LogP contribution in [-0.2, 0) is 0 Å².